The molecule has 1 saturated carbocycles. The number of nitrogens with zero attached hydrogens (tertiary/aromatic N) is 1. The zero-order chi connectivity index (χ0) is 11.4. The Morgan fingerprint density at radius 2 is 2.12 bits per heavy atom. The van der Waals surface area contributed by atoms with Crippen LogP contribution >= 0.6 is 0 Å². The highest BCUT2D eigenvalue weighted by atomic mass is 16.3. The molecule has 88 valence electrons. The zero-order valence-corrected chi connectivity index (χ0v) is 9.24. The van der Waals surface area contributed by atoms with Gasteiger partial charge in [0.2, 0.25) is 0 Å². The Bertz CT molecular complexity index is 352. The molecule has 0 spiro atoms. The molecule has 0 atom stereocenters. The summed E-state index contributed by atoms with van der Waals surface area (Å²) in [5.41, 5.74) is 2.81. The lowest BCUT2D eigenvalue weighted by molar-refractivity contribution is 0.253. The number of aliphatic hydroxyl groups excluding tert-OH is 1. The molecule has 5 N–H and O–H groups in total. The number of nitrogens with one attached hydrogen (secondary N) is 2. The van der Waals surface area contributed by atoms with Crippen LogP contribution in [0, 0.1) is 5.41 Å². The normalized spacial score (nSPS) is 16.9. The van der Waals surface area contributed by atoms with Gasteiger partial charge in [0.1, 0.15) is 11.6 Å². The summed E-state index contributed by atoms with van der Waals surface area (Å²) in [6, 6.07) is 5.62. The first-order chi connectivity index (χ1) is 7.78. The minimum atomic E-state index is 0.263. The van der Waals surface area contributed by atoms with Gasteiger partial charge in [-0.15, -0.1) is 0 Å². The third kappa shape index (κ3) is 2.62. The van der Waals surface area contributed by atoms with E-state index in [0.717, 1.165) is 18.8 Å². The molecule has 1 aliphatic rings. The molecule has 0 radical (unpaired) electrons. The van der Waals surface area contributed by atoms with Crippen LogP contribution in [0.3, 0.4) is 0 Å². The van der Waals surface area contributed by atoms with Crippen LogP contribution in [0.2, 0.25) is 0 Å². The molecule has 1 aliphatic carbocycles. The van der Waals surface area contributed by atoms with Gasteiger partial charge < -0.3 is 15.8 Å². The van der Waals surface area contributed by atoms with Gasteiger partial charge in [-0.1, -0.05) is 6.07 Å². The van der Waals surface area contributed by atoms with Crippen molar-refractivity contribution in [1.29, 1.82) is 0 Å². The lowest BCUT2D eigenvalue weighted by Gasteiger charge is -2.15. The molecule has 0 unspecified atom stereocenters. The number of nitrogen functional groups attached to an aromatic ring is 1. The van der Waals surface area contributed by atoms with Gasteiger partial charge in [-0.2, -0.15) is 0 Å². The van der Waals surface area contributed by atoms with Gasteiger partial charge in [0.25, 0.3) is 0 Å². The highest BCUT2D eigenvalue weighted by Gasteiger charge is 2.41. The van der Waals surface area contributed by atoms with Crippen molar-refractivity contribution in [1.82, 2.24) is 4.98 Å². The van der Waals surface area contributed by atoms with E-state index in [1.165, 1.54) is 12.8 Å². The molecule has 1 aromatic heterocycles. The summed E-state index contributed by atoms with van der Waals surface area (Å²) in [5, 5.41) is 12.2. The van der Waals surface area contributed by atoms with Gasteiger partial charge in [0, 0.05) is 13.2 Å². The lowest BCUT2D eigenvalue weighted by Crippen LogP contribution is -2.18. The number of rotatable bonds is 6. The monoisotopic (exact) mass is 222 g/mol. The van der Waals surface area contributed by atoms with Crippen molar-refractivity contribution in [3.05, 3.63) is 18.2 Å². The summed E-state index contributed by atoms with van der Waals surface area (Å²) < 4.78 is 0. The summed E-state index contributed by atoms with van der Waals surface area (Å²) in [7, 11) is 0. The largest absolute Gasteiger partial charge is 0.396 e. The van der Waals surface area contributed by atoms with Crippen LogP contribution in [-0.2, 0) is 0 Å². The number of hydrogen-bond acceptors (Lipinski definition) is 5. The fourth-order valence-electron chi connectivity index (χ4n) is 1.82. The molecule has 5 nitrogen and oxygen atoms in total. The summed E-state index contributed by atoms with van der Waals surface area (Å²) >= 11 is 0. The van der Waals surface area contributed by atoms with E-state index in [1.807, 2.05) is 18.2 Å². The predicted octanol–water partition coefficient (Wildman–Crippen LogP) is 0.942. The zero-order valence-electron chi connectivity index (χ0n) is 9.24. The van der Waals surface area contributed by atoms with E-state index in [0.29, 0.717) is 11.2 Å². The maximum Gasteiger partial charge on any atom is 0.142 e. The molecule has 1 heterocycles. The lowest BCUT2D eigenvalue weighted by atomic mass is 10.0. The van der Waals surface area contributed by atoms with E-state index < -0.39 is 0 Å². The molecule has 0 aliphatic heterocycles. The third-order valence-electron chi connectivity index (χ3n) is 3.14. The fraction of sp³-hybridized carbons (Fsp3) is 0.545. The topological polar surface area (TPSA) is 83.2 Å². The second kappa shape index (κ2) is 4.67. The predicted molar refractivity (Wildman–Crippen MR) is 63.9 cm³/mol. The minimum Gasteiger partial charge on any atom is -0.396 e. The number of hydrazine groups is 1. The van der Waals surface area contributed by atoms with Crippen LogP contribution in [0.15, 0.2) is 18.2 Å². The number of hydrogen-bond donors (Lipinski definition) is 4. The summed E-state index contributed by atoms with van der Waals surface area (Å²) in [6.45, 7) is 1.13. The van der Waals surface area contributed by atoms with Crippen LogP contribution in [0.1, 0.15) is 19.3 Å². The average Bonchev–Trinajstić information content (AvgIpc) is 3.08. The molecular formula is C11H18N4O. The molecule has 2 rings (SSSR count). The van der Waals surface area contributed by atoms with Crippen molar-refractivity contribution in [3.8, 4) is 0 Å². The standard InChI is InChI=1S/C11H18N4O/c12-15-10-3-1-2-9(14-10)13-8-11(4-5-11)6-7-16/h1-3,16H,4-8,12H2,(H2,13,14,15). The molecule has 1 aromatic rings. The molecule has 16 heavy (non-hydrogen) atoms. The SMILES string of the molecule is NNc1cccc(NCC2(CCO)CC2)n1. The van der Waals surface area contributed by atoms with Crippen LogP contribution in [0.5, 0.6) is 0 Å². The van der Waals surface area contributed by atoms with Crippen molar-refractivity contribution in [2.75, 3.05) is 23.9 Å². The first kappa shape index (κ1) is 11.2. The van der Waals surface area contributed by atoms with Crippen molar-refractivity contribution < 1.29 is 5.11 Å². The molecule has 1 fully saturated rings. The Kier molecular flexibility index (Phi) is 3.26. The van der Waals surface area contributed by atoms with Crippen molar-refractivity contribution in [2.45, 2.75) is 19.3 Å². The molecular weight excluding hydrogens is 204 g/mol. The van der Waals surface area contributed by atoms with Gasteiger partial charge in [-0.25, -0.2) is 10.8 Å². The Morgan fingerprint density at radius 3 is 2.75 bits per heavy atom. The van der Waals surface area contributed by atoms with Gasteiger partial charge >= 0.3 is 0 Å². The van der Waals surface area contributed by atoms with Crippen LogP contribution in [0.4, 0.5) is 11.6 Å². The van der Waals surface area contributed by atoms with Gasteiger partial charge in [-0.3, -0.25) is 0 Å². The van der Waals surface area contributed by atoms with E-state index in [2.05, 4.69) is 15.7 Å². The minimum absolute atomic E-state index is 0.263. The molecule has 0 bridgehead atoms. The average molecular weight is 222 g/mol. The molecule has 0 aromatic carbocycles. The van der Waals surface area contributed by atoms with E-state index in [1.54, 1.807) is 0 Å². The highest BCUT2D eigenvalue weighted by Crippen LogP contribution is 2.48. The maximum atomic E-state index is 8.95. The Balaban J connectivity index is 1.89. The molecule has 0 saturated heterocycles. The smallest absolute Gasteiger partial charge is 0.142 e. The number of aliphatic hydroxyl groups is 1. The Morgan fingerprint density at radius 1 is 1.38 bits per heavy atom. The summed E-state index contributed by atoms with van der Waals surface area (Å²) in [5.74, 6) is 6.76. The first-order valence-corrected chi connectivity index (χ1v) is 5.56. The Labute approximate surface area is 95.0 Å². The van der Waals surface area contributed by atoms with E-state index in [4.69, 9.17) is 10.9 Å². The van der Waals surface area contributed by atoms with Crippen molar-refractivity contribution >= 4 is 11.6 Å². The maximum absolute atomic E-state index is 8.95. The van der Waals surface area contributed by atoms with E-state index in [9.17, 15) is 0 Å². The van der Waals surface area contributed by atoms with Crippen LogP contribution in [-0.4, -0.2) is 23.2 Å². The van der Waals surface area contributed by atoms with Crippen molar-refractivity contribution in [3.63, 3.8) is 0 Å². The van der Waals surface area contributed by atoms with Crippen LogP contribution < -0.4 is 16.6 Å². The summed E-state index contributed by atoms with van der Waals surface area (Å²) in [6.07, 6.45) is 3.25. The fourth-order valence-corrected chi connectivity index (χ4v) is 1.82. The van der Waals surface area contributed by atoms with Gasteiger partial charge in [-0.05, 0) is 36.8 Å². The van der Waals surface area contributed by atoms with Crippen molar-refractivity contribution in [2.24, 2.45) is 11.3 Å². The second-order valence-electron chi connectivity index (χ2n) is 4.38. The quantitative estimate of drug-likeness (QED) is 0.425. The number of aromatic nitrogens is 1. The molecule has 5 heteroatoms. The second-order valence-corrected chi connectivity index (χ2v) is 4.38. The van der Waals surface area contributed by atoms with Gasteiger partial charge in [0.15, 0.2) is 0 Å². The Hall–Kier alpha value is -1.33. The number of anilines is 2. The van der Waals surface area contributed by atoms with Crippen LogP contribution in [0.25, 0.3) is 0 Å². The van der Waals surface area contributed by atoms with E-state index >= 15 is 0 Å². The number of nitrogens with two attached hydrogens (primary N) is 1. The van der Waals surface area contributed by atoms with E-state index in [-0.39, 0.29) is 6.61 Å². The third-order valence-corrected chi connectivity index (χ3v) is 3.14. The van der Waals surface area contributed by atoms with Gasteiger partial charge in [0.05, 0.1) is 0 Å². The first-order valence-electron chi connectivity index (χ1n) is 5.56. The molecule has 0 amide bonds. The number of pyridine rings is 1. The highest BCUT2D eigenvalue weighted by molar-refractivity contribution is 5.44. The summed E-state index contributed by atoms with van der Waals surface area (Å²) in [4.78, 5) is 4.27.